The number of terminal acetylenes is 1. The Hall–Kier alpha value is -2.26. The Morgan fingerprint density at radius 2 is 2.14 bits per heavy atom. The molecule has 0 aliphatic heterocycles. The van der Waals surface area contributed by atoms with Gasteiger partial charge in [0, 0.05) is 12.1 Å². The molecule has 118 valence electrons. The lowest BCUT2D eigenvalue weighted by Gasteiger charge is -2.26. The molecule has 0 bridgehead atoms. The SMILES string of the molecule is C#CCOc1cc(F)ccc1NC(=O)NC1CCC(O)CC1. The van der Waals surface area contributed by atoms with Crippen molar-refractivity contribution in [3.63, 3.8) is 0 Å². The van der Waals surface area contributed by atoms with Crippen LogP contribution in [-0.2, 0) is 0 Å². The van der Waals surface area contributed by atoms with Gasteiger partial charge >= 0.3 is 6.03 Å². The third-order valence-corrected chi connectivity index (χ3v) is 3.53. The van der Waals surface area contributed by atoms with Gasteiger partial charge in [0.2, 0.25) is 0 Å². The fourth-order valence-electron chi connectivity index (χ4n) is 2.40. The third-order valence-electron chi connectivity index (χ3n) is 3.53. The highest BCUT2D eigenvalue weighted by Gasteiger charge is 2.21. The summed E-state index contributed by atoms with van der Waals surface area (Å²) in [5, 5.41) is 14.9. The van der Waals surface area contributed by atoms with Gasteiger partial charge in [-0.1, -0.05) is 5.92 Å². The first-order valence-electron chi connectivity index (χ1n) is 7.20. The molecule has 0 aromatic heterocycles. The van der Waals surface area contributed by atoms with Crippen molar-refractivity contribution in [1.82, 2.24) is 5.32 Å². The Bertz CT molecular complexity index is 563. The molecule has 1 aromatic rings. The molecule has 0 saturated heterocycles. The quantitative estimate of drug-likeness (QED) is 0.747. The van der Waals surface area contributed by atoms with Crippen LogP contribution in [0, 0.1) is 18.2 Å². The first kappa shape index (κ1) is 16.1. The Kier molecular flexibility index (Phi) is 5.61. The Labute approximate surface area is 128 Å². The summed E-state index contributed by atoms with van der Waals surface area (Å²) < 4.78 is 18.5. The van der Waals surface area contributed by atoms with Crippen molar-refractivity contribution >= 4 is 11.7 Å². The van der Waals surface area contributed by atoms with E-state index >= 15 is 0 Å². The molecule has 0 heterocycles. The molecule has 2 amide bonds. The minimum atomic E-state index is -0.473. The van der Waals surface area contributed by atoms with Crippen LogP contribution in [0.4, 0.5) is 14.9 Å². The van der Waals surface area contributed by atoms with E-state index < -0.39 is 11.8 Å². The first-order valence-corrected chi connectivity index (χ1v) is 7.20. The molecule has 2 rings (SSSR count). The standard InChI is InChI=1S/C16H19FN2O3/c1-2-9-22-15-10-11(17)3-8-14(15)19-16(21)18-12-4-6-13(20)7-5-12/h1,3,8,10,12-13,20H,4-7,9H2,(H2,18,19,21). The number of aliphatic hydroxyl groups is 1. The second kappa shape index (κ2) is 7.66. The normalized spacial score (nSPS) is 20.8. The van der Waals surface area contributed by atoms with Gasteiger partial charge in [0.25, 0.3) is 0 Å². The average molecular weight is 306 g/mol. The number of carbonyl (C=O) groups excluding carboxylic acids is 1. The maximum Gasteiger partial charge on any atom is 0.319 e. The highest BCUT2D eigenvalue weighted by atomic mass is 19.1. The smallest absolute Gasteiger partial charge is 0.319 e. The molecule has 0 spiro atoms. The van der Waals surface area contributed by atoms with Gasteiger partial charge in [-0.2, -0.15) is 0 Å². The summed E-state index contributed by atoms with van der Waals surface area (Å²) >= 11 is 0. The van der Waals surface area contributed by atoms with Gasteiger partial charge in [-0.15, -0.1) is 6.42 Å². The van der Waals surface area contributed by atoms with E-state index in [-0.39, 0.29) is 24.5 Å². The summed E-state index contributed by atoms with van der Waals surface area (Å²) in [5.41, 5.74) is 0.352. The summed E-state index contributed by atoms with van der Waals surface area (Å²) in [5.74, 6) is 2.00. The molecule has 1 fully saturated rings. The molecule has 1 saturated carbocycles. The number of hydrogen-bond acceptors (Lipinski definition) is 3. The molecule has 0 radical (unpaired) electrons. The predicted octanol–water partition coefficient (Wildman–Crippen LogP) is 2.26. The Morgan fingerprint density at radius 3 is 2.82 bits per heavy atom. The lowest BCUT2D eigenvalue weighted by atomic mass is 9.93. The minimum Gasteiger partial charge on any atom is -0.479 e. The number of halogens is 1. The van der Waals surface area contributed by atoms with Crippen molar-refractivity contribution in [3.05, 3.63) is 24.0 Å². The van der Waals surface area contributed by atoms with E-state index in [0.717, 1.165) is 12.8 Å². The van der Waals surface area contributed by atoms with Crippen LogP contribution in [0.2, 0.25) is 0 Å². The fraction of sp³-hybridized carbons (Fsp3) is 0.438. The Balaban J connectivity index is 1.94. The van der Waals surface area contributed by atoms with Crippen LogP contribution in [-0.4, -0.2) is 29.9 Å². The number of amides is 2. The maximum absolute atomic E-state index is 13.2. The average Bonchev–Trinajstić information content (AvgIpc) is 2.50. The van der Waals surface area contributed by atoms with Crippen LogP contribution in [0.3, 0.4) is 0 Å². The van der Waals surface area contributed by atoms with Crippen LogP contribution in [0.15, 0.2) is 18.2 Å². The van der Waals surface area contributed by atoms with Crippen LogP contribution < -0.4 is 15.4 Å². The number of benzene rings is 1. The summed E-state index contributed by atoms with van der Waals surface area (Å²) in [7, 11) is 0. The number of aliphatic hydroxyl groups excluding tert-OH is 1. The van der Waals surface area contributed by atoms with Crippen molar-refractivity contribution in [3.8, 4) is 18.1 Å². The molecular formula is C16H19FN2O3. The van der Waals surface area contributed by atoms with E-state index in [9.17, 15) is 14.3 Å². The van der Waals surface area contributed by atoms with Crippen molar-refractivity contribution in [2.75, 3.05) is 11.9 Å². The maximum atomic E-state index is 13.2. The zero-order valence-electron chi connectivity index (χ0n) is 12.1. The summed E-state index contributed by atoms with van der Waals surface area (Å²) in [6.45, 7) is -0.0136. The number of nitrogens with one attached hydrogen (secondary N) is 2. The zero-order chi connectivity index (χ0) is 15.9. The number of urea groups is 1. The van der Waals surface area contributed by atoms with Crippen LogP contribution >= 0.6 is 0 Å². The van der Waals surface area contributed by atoms with Gasteiger partial charge in [0.05, 0.1) is 11.8 Å². The van der Waals surface area contributed by atoms with E-state index in [1.165, 1.54) is 18.2 Å². The van der Waals surface area contributed by atoms with E-state index in [1.54, 1.807) is 0 Å². The van der Waals surface area contributed by atoms with Crippen LogP contribution in [0.5, 0.6) is 5.75 Å². The molecule has 1 aliphatic carbocycles. The van der Waals surface area contributed by atoms with Crippen LogP contribution in [0.25, 0.3) is 0 Å². The van der Waals surface area contributed by atoms with Gasteiger partial charge in [0.1, 0.15) is 18.2 Å². The highest BCUT2D eigenvalue weighted by molar-refractivity contribution is 5.91. The molecule has 0 atom stereocenters. The van der Waals surface area contributed by atoms with Crippen molar-refractivity contribution in [1.29, 1.82) is 0 Å². The second-order valence-corrected chi connectivity index (χ2v) is 5.24. The van der Waals surface area contributed by atoms with E-state index in [4.69, 9.17) is 11.2 Å². The lowest BCUT2D eigenvalue weighted by Crippen LogP contribution is -2.40. The monoisotopic (exact) mass is 306 g/mol. The van der Waals surface area contributed by atoms with Gasteiger partial charge in [0.15, 0.2) is 0 Å². The van der Waals surface area contributed by atoms with Crippen molar-refractivity contribution < 1.29 is 19.0 Å². The van der Waals surface area contributed by atoms with Crippen molar-refractivity contribution in [2.24, 2.45) is 0 Å². The summed E-state index contributed by atoms with van der Waals surface area (Å²) in [4.78, 5) is 12.0. The fourth-order valence-corrected chi connectivity index (χ4v) is 2.40. The topological polar surface area (TPSA) is 70.6 Å². The number of rotatable bonds is 4. The van der Waals surface area contributed by atoms with E-state index in [0.29, 0.717) is 18.5 Å². The van der Waals surface area contributed by atoms with E-state index in [1.807, 2.05) is 0 Å². The molecule has 1 aliphatic rings. The Morgan fingerprint density at radius 1 is 1.41 bits per heavy atom. The number of hydrogen-bond donors (Lipinski definition) is 3. The number of ether oxygens (including phenoxy) is 1. The third kappa shape index (κ3) is 4.64. The van der Waals surface area contributed by atoms with Gasteiger partial charge in [-0.25, -0.2) is 9.18 Å². The zero-order valence-corrected chi connectivity index (χ0v) is 12.1. The summed E-state index contributed by atoms with van der Waals surface area (Å²) in [6.07, 6.45) is 7.66. The van der Waals surface area contributed by atoms with E-state index in [2.05, 4.69) is 16.6 Å². The second-order valence-electron chi connectivity index (χ2n) is 5.24. The molecular weight excluding hydrogens is 287 g/mol. The number of anilines is 1. The van der Waals surface area contributed by atoms with Gasteiger partial charge < -0.3 is 20.5 Å². The van der Waals surface area contributed by atoms with Crippen molar-refractivity contribution in [2.45, 2.75) is 37.8 Å². The summed E-state index contributed by atoms with van der Waals surface area (Å²) in [6, 6.07) is 3.46. The first-order chi connectivity index (χ1) is 10.6. The largest absolute Gasteiger partial charge is 0.479 e. The predicted molar refractivity (Wildman–Crippen MR) is 81.1 cm³/mol. The molecule has 3 N–H and O–H groups in total. The number of carbonyl (C=O) groups is 1. The molecule has 22 heavy (non-hydrogen) atoms. The highest BCUT2D eigenvalue weighted by Crippen LogP contribution is 2.25. The van der Waals surface area contributed by atoms with Crippen LogP contribution in [0.1, 0.15) is 25.7 Å². The lowest BCUT2D eigenvalue weighted by molar-refractivity contribution is 0.118. The molecule has 1 aromatic carbocycles. The molecule has 0 unspecified atom stereocenters. The minimum absolute atomic E-state index is 0.0136. The van der Waals surface area contributed by atoms with Gasteiger partial charge in [-0.05, 0) is 37.8 Å². The molecule has 5 nitrogen and oxygen atoms in total. The van der Waals surface area contributed by atoms with Gasteiger partial charge in [-0.3, -0.25) is 0 Å². The molecule has 6 heteroatoms.